The van der Waals surface area contributed by atoms with E-state index in [2.05, 4.69) is 31.5 Å². The molecule has 1 aromatic carbocycles. The summed E-state index contributed by atoms with van der Waals surface area (Å²) in [5.74, 6) is -0.0957. The Morgan fingerprint density at radius 1 is 1.48 bits per heavy atom. The predicted molar refractivity (Wildman–Crippen MR) is 82.6 cm³/mol. The lowest BCUT2D eigenvalue weighted by molar-refractivity contribution is 0.102. The molecule has 1 heterocycles. The maximum atomic E-state index is 12.3. The average molecular weight is 352 g/mol. The molecular weight excluding hydrogens is 338 g/mol. The van der Waals surface area contributed by atoms with E-state index < -0.39 is 0 Å². The number of halogens is 1. The summed E-state index contributed by atoms with van der Waals surface area (Å²) < 4.78 is 2.13. The molecule has 0 spiro atoms. The van der Waals surface area contributed by atoms with Crippen LogP contribution in [0.25, 0.3) is 0 Å². The molecule has 0 radical (unpaired) electrons. The maximum absolute atomic E-state index is 12.3. The van der Waals surface area contributed by atoms with E-state index in [9.17, 15) is 4.79 Å². The van der Waals surface area contributed by atoms with Crippen molar-refractivity contribution in [1.29, 1.82) is 0 Å². The Morgan fingerprint density at radius 2 is 2.19 bits per heavy atom. The Hall–Kier alpha value is -2.35. The normalized spacial score (nSPS) is 11.5. The third kappa shape index (κ3) is 3.05. The fraction of sp³-hybridized carbons (Fsp3) is 0.154. The zero-order valence-electron chi connectivity index (χ0n) is 11.5. The van der Waals surface area contributed by atoms with Crippen LogP contribution in [0.2, 0.25) is 0 Å². The first-order valence-electron chi connectivity index (χ1n) is 6.01. The lowest BCUT2D eigenvalue weighted by Crippen LogP contribution is -2.20. The highest BCUT2D eigenvalue weighted by atomic mass is 79.9. The van der Waals surface area contributed by atoms with Crippen molar-refractivity contribution in [2.75, 3.05) is 5.32 Å². The number of hydrogen-bond donors (Lipinski definition) is 3. The van der Waals surface area contributed by atoms with Crippen molar-refractivity contribution >= 4 is 33.5 Å². The fourth-order valence-electron chi connectivity index (χ4n) is 1.81. The van der Waals surface area contributed by atoms with Crippen LogP contribution in [-0.4, -0.2) is 26.7 Å². The number of aromatic nitrogens is 2. The molecule has 0 atom stereocenters. The molecule has 0 unspecified atom stereocenters. The van der Waals surface area contributed by atoms with Gasteiger partial charge < -0.3 is 16.3 Å². The number of hydrogen-bond acceptors (Lipinski definition) is 4. The van der Waals surface area contributed by atoms with E-state index in [-0.39, 0.29) is 11.7 Å². The summed E-state index contributed by atoms with van der Waals surface area (Å²) in [7, 11) is 1.65. The van der Waals surface area contributed by atoms with Crippen molar-refractivity contribution in [3.63, 3.8) is 0 Å². The van der Waals surface area contributed by atoms with Gasteiger partial charge in [0, 0.05) is 11.5 Å². The van der Waals surface area contributed by atoms with E-state index in [1.165, 1.54) is 10.9 Å². The van der Waals surface area contributed by atoms with Crippen molar-refractivity contribution in [3.8, 4) is 0 Å². The molecule has 0 saturated heterocycles. The van der Waals surface area contributed by atoms with Gasteiger partial charge in [-0.2, -0.15) is 5.10 Å². The molecule has 0 saturated carbocycles. The number of oxime groups is 1. The molecule has 0 aliphatic carbocycles. The number of rotatable bonds is 3. The summed E-state index contributed by atoms with van der Waals surface area (Å²) in [4.78, 5) is 12.3. The quantitative estimate of drug-likeness (QED) is 0.339. The Balaban J connectivity index is 2.34. The first-order chi connectivity index (χ1) is 9.93. The fourth-order valence-corrected chi connectivity index (χ4v) is 2.48. The molecule has 0 aliphatic rings. The molecule has 1 amide bonds. The van der Waals surface area contributed by atoms with Gasteiger partial charge in [0.05, 0.1) is 17.3 Å². The van der Waals surface area contributed by atoms with Crippen LogP contribution in [0.1, 0.15) is 21.5 Å². The van der Waals surface area contributed by atoms with Gasteiger partial charge in [-0.05, 0) is 40.5 Å². The molecule has 4 N–H and O–H groups in total. The highest BCUT2D eigenvalue weighted by Crippen LogP contribution is 2.21. The molecule has 2 rings (SSSR count). The molecule has 0 fully saturated rings. The minimum absolute atomic E-state index is 0.124. The van der Waals surface area contributed by atoms with Gasteiger partial charge in [0.1, 0.15) is 5.82 Å². The zero-order valence-corrected chi connectivity index (χ0v) is 13.0. The highest BCUT2D eigenvalue weighted by molar-refractivity contribution is 9.10. The smallest absolute Gasteiger partial charge is 0.257 e. The van der Waals surface area contributed by atoms with Crippen LogP contribution in [0.3, 0.4) is 0 Å². The molecule has 21 heavy (non-hydrogen) atoms. The number of carbonyl (C=O) groups excluding carboxylic acids is 1. The van der Waals surface area contributed by atoms with Crippen molar-refractivity contribution in [2.45, 2.75) is 6.92 Å². The predicted octanol–water partition coefficient (Wildman–Crippen LogP) is 1.84. The highest BCUT2D eigenvalue weighted by Gasteiger charge is 2.17. The van der Waals surface area contributed by atoms with Crippen LogP contribution in [0, 0.1) is 6.92 Å². The molecule has 2 aromatic rings. The van der Waals surface area contributed by atoms with Crippen LogP contribution in [0.5, 0.6) is 0 Å². The van der Waals surface area contributed by atoms with E-state index in [0.717, 1.165) is 5.56 Å². The van der Waals surface area contributed by atoms with Gasteiger partial charge in [0.15, 0.2) is 5.84 Å². The summed E-state index contributed by atoms with van der Waals surface area (Å²) in [5.41, 5.74) is 7.42. The number of nitrogens with zero attached hydrogens (tertiary/aromatic N) is 3. The van der Waals surface area contributed by atoms with Crippen LogP contribution in [0.4, 0.5) is 5.82 Å². The molecule has 7 nitrogen and oxygen atoms in total. The Morgan fingerprint density at radius 3 is 2.81 bits per heavy atom. The van der Waals surface area contributed by atoms with Crippen molar-refractivity contribution in [3.05, 3.63) is 45.6 Å². The van der Waals surface area contributed by atoms with Crippen LogP contribution in [-0.2, 0) is 7.05 Å². The molecule has 0 aliphatic heterocycles. The summed E-state index contributed by atoms with van der Waals surface area (Å²) in [6.07, 6.45) is 1.41. The number of benzene rings is 1. The lowest BCUT2D eigenvalue weighted by atomic mass is 10.1. The number of aryl methyl sites for hydroxylation is 2. The van der Waals surface area contributed by atoms with Gasteiger partial charge >= 0.3 is 0 Å². The number of amides is 1. The number of amidine groups is 1. The van der Waals surface area contributed by atoms with Gasteiger partial charge in [-0.25, -0.2) is 0 Å². The average Bonchev–Trinajstić information content (AvgIpc) is 2.79. The number of nitrogens with two attached hydrogens (primary N) is 1. The van der Waals surface area contributed by atoms with Gasteiger partial charge in [-0.1, -0.05) is 11.2 Å². The minimum Gasteiger partial charge on any atom is -0.409 e. The maximum Gasteiger partial charge on any atom is 0.257 e. The second-order valence-corrected chi connectivity index (χ2v) is 5.31. The molecule has 1 aromatic heterocycles. The first kappa shape index (κ1) is 15.0. The van der Waals surface area contributed by atoms with E-state index in [0.29, 0.717) is 21.4 Å². The Labute approximate surface area is 129 Å². The van der Waals surface area contributed by atoms with Gasteiger partial charge in [0.2, 0.25) is 0 Å². The Bertz CT molecular complexity index is 723. The van der Waals surface area contributed by atoms with Crippen molar-refractivity contribution in [1.82, 2.24) is 9.78 Å². The number of carbonyl (C=O) groups is 1. The van der Waals surface area contributed by atoms with E-state index in [1.54, 1.807) is 13.1 Å². The summed E-state index contributed by atoms with van der Waals surface area (Å²) >= 11 is 3.36. The number of anilines is 1. The summed E-state index contributed by atoms with van der Waals surface area (Å²) in [5, 5.41) is 18.4. The van der Waals surface area contributed by atoms with Crippen LogP contribution in [0.15, 0.2) is 34.0 Å². The minimum atomic E-state index is -0.322. The lowest BCUT2D eigenvalue weighted by Gasteiger charge is -2.09. The van der Waals surface area contributed by atoms with Gasteiger partial charge in [0.25, 0.3) is 5.91 Å². The Kier molecular flexibility index (Phi) is 4.27. The monoisotopic (exact) mass is 351 g/mol. The summed E-state index contributed by atoms with van der Waals surface area (Å²) in [6, 6.07) is 5.41. The zero-order chi connectivity index (χ0) is 15.6. The largest absolute Gasteiger partial charge is 0.409 e. The van der Waals surface area contributed by atoms with Crippen molar-refractivity contribution < 1.29 is 10.0 Å². The second kappa shape index (κ2) is 5.96. The standard InChI is InChI=1S/C13H14BrN5O2/c1-7-3-4-8(10(14)5-7)13(20)17-12-9(11(15)18-21)6-16-19(12)2/h3-6,21H,1-2H3,(H2,15,18)(H,17,20). The SMILES string of the molecule is Cc1ccc(C(=O)Nc2c(/C(N)=N/O)cnn2C)c(Br)c1. The molecule has 110 valence electrons. The summed E-state index contributed by atoms with van der Waals surface area (Å²) in [6.45, 7) is 1.93. The van der Waals surface area contributed by atoms with E-state index in [4.69, 9.17) is 10.9 Å². The van der Waals surface area contributed by atoms with Crippen LogP contribution < -0.4 is 11.1 Å². The molecule has 8 heteroatoms. The third-order valence-electron chi connectivity index (χ3n) is 2.92. The topological polar surface area (TPSA) is 106 Å². The van der Waals surface area contributed by atoms with Crippen molar-refractivity contribution in [2.24, 2.45) is 17.9 Å². The van der Waals surface area contributed by atoms with E-state index >= 15 is 0 Å². The first-order valence-corrected chi connectivity index (χ1v) is 6.80. The third-order valence-corrected chi connectivity index (χ3v) is 3.58. The van der Waals surface area contributed by atoms with E-state index in [1.807, 2.05) is 19.1 Å². The van der Waals surface area contributed by atoms with Gasteiger partial charge in [-0.3, -0.25) is 9.48 Å². The molecular formula is C13H14BrN5O2. The molecule has 0 bridgehead atoms. The number of nitrogens with one attached hydrogen (secondary N) is 1. The second-order valence-electron chi connectivity index (χ2n) is 4.45. The van der Waals surface area contributed by atoms with Crippen LogP contribution >= 0.6 is 15.9 Å². The van der Waals surface area contributed by atoms with Gasteiger partial charge in [-0.15, -0.1) is 0 Å².